The number of hydrogen-bond donors (Lipinski definition) is 1. The van der Waals surface area contributed by atoms with Crippen molar-refractivity contribution in [2.45, 2.75) is 58.1 Å². The molecular weight excluding hydrogens is 226 g/mol. The molecular formula is C14H25N3O. The lowest BCUT2D eigenvalue weighted by atomic mass is 9.77. The molecule has 0 aromatic carbocycles. The van der Waals surface area contributed by atoms with Crippen LogP contribution < -0.4 is 10.1 Å². The molecule has 0 aliphatic heterocycles. The van der Waals surface area contributed by atoms with Crippen LogP contribution in [0.1, 0.15) is 46.0 Å². The predicted molar refractivity (Wildman–Crippen MR) is 72.9 cm³/mol. The largest absolute Gasteiger partial charge is 0.484 e. The minimum atomic E-state index is 0.0717. The highest BCUT2D eigenvalue weighted by Crippen LogP contribution is 2.39. The fraction of sp³-hybridized carbons (Fsp3) is 0.786. The zero-order valence-electron chi connectivity index (χ0n) is 11.6. The van der Waals surface area contributed by atoms with E-state index in [0.29, 0.717) is 0 Å². The number of nitrogens with zero attached hydrogens (tertiary/aromatic N) is 2. The summed E-state index contributed by atoms with van der Waals surface area (Å²) < 4.78 is 8.15. The first-order valence-corrected chi connectivity index (χ1v) is 7.20. The van der Waals surface area contributed by atoms with Gasteiger partial charge in [0.1, 0.15) is 5.60 Å². The highest BCUT2D eigenvalue weighted by molar-refractivity contribution is 5.14. The van der Waals surface area contributed by atoms with Gasteiger partial charge < -0.3 is 10.1 Å². The Morgan fingerprint density at radius 3 is 2.89 bits per heavy atom. The second kappa shape index (κ2) is 6.23. The van der Waals surface area contributed by atoms with Crippen molar-refractivity contribution in [3.8, 4) is 5.75 Å². The summed E-state index contributed by atoms with van der Waals surface area (Å²) in [4.78, 5) is 0. The fourth-order valence-corrected chi connectivity index (χ4v) is 2.47. The van der Waals surface area contributed by atoms with E-state index in [1.54, 1.807) is 0 Å². The van der Waals surface area contributed by atoms with Crippen molar-refractivity contribution in [3.63, 3.8) is 0 Å². The highest BCUT2D eigenvalue weighted by Gasteiger charge is 2.39. The SMILES string of the molecule is CCCn1cc(OC2(CCNCC)CCC2)cn1. The van der Waals surface area contributed by atoms with Crippen LogP contribution in [0.4, 0.5) is 0 Å². The minimum Gasteiger partial charge on any atom is -0.484 e. The van der Waals surface area contributed by atoms with Crippen LogP contribution >= 0.6 is 0 Å². The average molecular weight is 251 g/mol. The van der Waals surface area contributed by atoms with Gasteiger partial charge in [0.05, 0.1) is 12.4 Å². The molecule has 0 saturated heterocycles. The molecule has 1 saturated carbocycles. The molecule has 0 spiro atoms. The molecule has 18 heavy (non-hydrogen) atoms. The van der Waals surface area contributed by atoms with E-state index in [4.69, 9.17) is 4.74 Å². The van der Waals surface area contributed by atoms with Gasteiger partial charge in [0.25, 0.3) is 0 Å². The van der Waals surface area contributed by atoms with Gasteiger partial charge in [0.2, 0.25) is 0 Å². The molecule has 1 fully saturated rings. The molecule has 0 bridgehead atoms. The summed E-state index contributed by atoms with van der Waals surface area (Å²) in [7, 11) is 0. The Morgan fingerprint density at radius 2 is 2.28 bits per heavy atom. The lowest BCUT2D eigenvalue weighted by Crippen LogP contribution is -2.45. The van der Waals surface area contributed by atoms with Crippen molar-refractivity contribution in [2.24, 2.45) is 0 Å². The fourth-order valence-electron chi connectivity index (χ4n) is 2.47. The van der Waals surface area contributed by atoms with Gasteiger partial charge in [-0.1, -0.05) is 13.8 Å². The van der Waals surface area contributed by atoms with Crippen molar-refractivity contribution >= 4 is 0 Å². The third-order valence-corrected chi connectivity index (χ3v) is 3.67. The van der Waals surface area contributed by atoms with Gasteiger partial charge in [-0.3, -0.25) is 4.68 Å². The summed E-state index contributed by atoms with van der Waals surface area (Å²) in [6, 6.07) is 0. The van der Waals surface area contributed by atoms with Crippen LogP contribution in [0.25, 0.3) is 0 Å². The second-order valence-corrected chi connectivity index (χ2v) is 5.18. The quantitative estimate of drug-likeness (QED) is 0.722. The Kier molecular flexibility index (Phi) is 4.64. The zero-order valence-corrected chi connectivity index (χ0v) is 11.6. The molecule has 4 heteroatoms. The molecule has 2 rings (SSSR count). The van der Waals surface area contributed by atoms with E-state index in [2.05, 4.69) is 24.3 Å². The maximum absolute atomic E-state index is 6.19. The van der Waals surface area contributed by atoms with Gasteiger partial charge in [-0.25, -0.2) is 0 Å². The molecule has 102 valence electrons. The summed E-state index contributed by atoms with van der Waals surface area (Å²) in [6.45, 7) is 7.34. The van der Waals surface area contributed by atoms with Gasteiger partial charge in [0, 0.05) is 6.54 Å². The standard InChI is InChI=1S/C14H25N3O/c1-3-10-17-12-13(11-16-17)18-14(6-5-7-14)8-9-15-4-2/h11-12,15H,3-10H2,1-2H3. The molecule has 0 atom stereocenters. The third kappa shape index (κ3) is 3.25. The summed E-state index contributed by atoms with van der Waals surface area (Å²) in [5.41, 5.74) is 0.0717. The van der Waals surface area contributed by atoms with Gasteiger partial charge in [-0.2, -0.15) is 5.10 Å². The van der Waals surface area contributed by atoms with Crippen molar-refractivity contribution < 1.29 is 4.74 Å². The first-order valence-electron chi connectivity index (χ1n) is 7.20. The Balaban J connectivity index is 1.88. The van der Waals surface area contributed by atoms with Gasteiger partial charge >= 0.3 is 0 Å². The van der Waals surface area contributed by atoms with Crippen molar-refractivity contribution in [1.29, 1.82) is 0 Å². The van der Waals surface area contributed by atoms with E-state index >= 15 is 0 Å². The number of ether oxygens (including phenoxy) is 1. The maximum Gasteiger partial charge on any atom is 0.158 e. The maximum atomic E-state index is 6.19. The lowest BCUT2D eigenvalue weighted by Gasteiger charge is -2.41. The van der Waals surface area contributed by atoms with Crippen LogP contribution in [0, 0.1) is 0 Å². The van der Waals surface area contributed by atoms with Crippen LogP contribution in [-0.2, 0) is 6.54 Å². The zero-order chi connectivity index (χ0) is 12.8. The van der Waals surface area contributed by atoms with Crippen LogP contribution in [-0.4, -0.2) is 28.5 Å². The molecule has 0 amide bonds. The molecule has 1 aliphatic rings. The van der Waals surface area contributed by atoms with E-state index < -0.39 is 0 Å². The van der Waals surface area contributed by atoms with E-state index in [1.807, 2.05) is 17.1 Å². The summed E-state index contributed by atoms with van der Waals surface area (Å²) in [5, 5.41) is 7.70. The number of aryl methyl sites for hydroxylation is 1. The molecule has 1 aromatic heterocycles. The third-order valence-electron chi connectivity index (χ3n) is 3.67. The van der Waals surface area contributed by atoms with Crippen molar-refractivity contribution in [3.05, 3.63) is 12.4 Å². The smallest absolute Gasteiger partial charge is 0.158 e. The second-order valence-electron chi connectivity index (χ2n) is 5.18. The minimum absolute atomic E-state index is 0.0717. The number of rotatable bonds is 8. The monoisotopic (exact) mass is 251 g/mol. The molecule has 1 aromatic rings. The molecule has 0 radical (unpaired) electrons. The normalized spacial score (nSPS) is 17.4. The molecule has 4 nitrogen and oxygen atoms in total. The Bertz CT molecular complexity index is 358. The van der Waals surface area contributed by atoms with Crippen molar-refractivity contribution in [2.75, 3.05) is 13.1 Å². The van der Waals surface area contributed by atoms with E-state index in [0.717, 1.165) is 38.2 Å². The molecule has 1 aliphatic carbocycles. The number of nitrogens with one attached hydrogen (secondary N) is 1. The Hall–Kier alpha value is -1.03. The summed E-state index contributed by atoms with van der Waals surface area (Å²) in [6.07, 6.45) is 9.72. The predicted octanol–water partition coefficient (Wildman–Crippen LogP) is 2.59. The van der Waals surface area contributed by atoms with Gasteiger partial charge in [-0.05, 0) is 45.2 Å². The Labute approximate surface area is 110 Å². The summed E-state index contributed by atoms with van der Waals surface area (Å²) in [5.74, 6) is 0.930. The van der Waals surface area contributed by atoms with Crippen LogP contribution in [0.15, 0.2) is 12.4 Å². The number of aromatic nitrogens is 2. The van der Waals surface area contributed by atoms with E-state index in [-0.39, 0.29) is 5.60 Å². The van der Waals surface area contributed by atoms with E-state index in [9.17, 15) is 0 Å². The lowest BCUT2D eigenvalue weighted by molar-refractivity contribution is -0.0142. The average Bonchev–Trinajstić information content (AvgIpc) is 2.74. The van der Waals surface area contributed by atoms with Crippen LogP contribution in [0.2, 0.25) is 0 Å². The van der Waals surface area contributed by atoms with Crippen LogP contribution in [0.5, 0.6) is 5.75 Å². The molecule has 1 heterocycles. The first kappa shape index (κ1) is 13.4. The van der Waals surface area contributed by atoms with Crippen molar-refractivity contribution in [1.82, 2.24) is 15.1 Å². The molecule has 1 N–H and O–H groups in total. The Morgan fingerprint density at radius 1 is 1.44 bits per heavy atom. The van der Waals surface area contributed by atoms with E-state index in [1.165, 1.54) is 19.3 Å². The molecule has 0 unspecified atom stereocenters. The topological polar surface area (TPSA) is 39.1 Å². The number of hydrogen-bond acceptors (Lipinski definition) is 3. The van der Waals surface area contributed by atoms with Gasteiger partial charge in [-0.15, -0.1) is 0 Å². The first-order chi connectivity index (χ1) is 8.78. The van der Waals surface area contributed by atoms with Crippen LogP contribution in [0.3, 0.4) is 0 Å². The highest BCUT2D eigenvalue weighted by atomic mass is 16.5. The van der Waals surface area contributed by atoms with Gasteiger partial charge in [0.15, 0.2) is 5.75 Å². The summed E-state index contributed by atoms with van der Waals surface area (Å²) >= 11 is 0.